The van der Waals surface area contributed by atoms with Crippen LogP contribution in [0.5, 0.6) is 23.0 Å². The maximum Gasteiger partial charge on any atom is 0.136 e. The fraction of sp³-hybridized carbons (Fsp3) is 0.583. The van der Waals surface area contributed by atoms with E-state index in [1.165, 1.54) is 103 Å². The van der Waals surface area contributed by atoms with Gasteiger partial charge < -0.3 is 18.9 Å². The van der Waals surface area contributed by atoms with Crippen molar-refractivity contribution in [2.24, 2.45) is 0 Å². The summed E-state index contributed by atoms with van der Waals surface area (Å²) in [7, 11) is 0. The third-order valence-electron chi connectivity index (χ3n) is 10.7. The van der Waals surface area contributed by atoms with Gasteiger partial charge >= 0.3 is 0 Å². The highest BCUT2D eigenvalue weighted by Gasteiger charge is 2.26. The lowest BCUT2D eigenvalue weighted by molar-refractivity contribution is 0.290. The molecule has 52 heavy (non-hydrogen) atoms. The van der Waals surface area contributed by atoms with E-state index in [2.05, 4.69) is 76.2 Å². The minimum Gasteiger partial charge on any atom is -0.492 e. The molecule has 4 aromatic carbocycles. The Balaban J connectivity index is 1.68. The van der Waals surface area contributed by atoms with Crippen LogP contribution in [0.4, 0.5) is 0 Å². The molecule has 0 atom stereocenters. The predicted octanol–water partition coefficient (Wildman–Crippen LogP) is 14.3. The molecule has 0 saturated carbocycles. The minimum atomic E-state index is 0.704. The van der Waals surface area contributed by atoms with Gasteiger partial charge in [0.05, 0.1) is 26.4 Å². The van der Waals surface area contributed by atoms with E-state index in [9.17, 15) is 0 Å². The molecule has 4 heteroatoms. The quantitative estimate of drug-likeness (QED) is 0.0485. The van der Waals surface area contributed by atoms with Gasteiger partial charge in [-0.05, 0) is 25.7 Å². The number of fused-ring (bicyclic) bond motifs is 4. The number of ether oxygens (including phenoxy) is 4. The molecule has 0 spiro atoms. The molecule has 0 heterocycles. The highest BCUT2D eigenvalue weighted by atomic mass is 16.5. The molecule has 0 aliphatic heterocycles. The van der Waals surface area contributed by atoms with E-state index in [0.717, 1.165) is 91.1 Å². The molecule has 0 unspecified atom stereocenters. The molecule has 0 radical (unpaired) electrons. The van der Waals surface area contributed by atoms with Crippen molar-refractivity contribution >= 4 is 21.5 Å². The normalized spacial score (nSPS) is 11.8. The third-order valence-corrected chi connectivity index (χ3v) is 10.7. The van der Waals surface area contributed by atoms with Gasteiger partial charge in [-0.15, -0.1) is 0 Å². The monoisotopic (exact) mass is 709 g/mol. The van der Waals surface area contributed by atoms with Gasteiger partial charge in [0.25, 0.3) is 0 Å². The van der Waals surface area contributed by atoms with E-state index in [0.29, 0.717) is 26.4 Å². The standard InChI is InChI=1S/C48H68O4/c1-5-9-13-17-25-33-49-45-37-29-21-22-30-38(37)46(50-34-26-18-14-10-6-2)42-41(45)43-44(42)48(52-36-28-20-16-12-8-4)40-32-24-23-31-39(40)47(43)51-35-27-19-15-11-7-3/h21-24,29-32H,5-20,25-28,33-36H2,1-4H3. The van der Waals surface area contributed by atoms with Crippen LogP contribution in [0.1, 0.15) is 156 Å². The summed E-state index contributed by atoms with van der Waals surface area (Å²) in [5.74, 6) is 3.88. The second-order valence-electron chi connectivity index (χ2n) is 15.0. The Labute approximate surface area is 314 Å². The summed E-state index contributed by atoms with van der Waals surface area (Å²) in [4.78, 5) is 0. The molecule has 1 aliphatic rings. The molecular weight excluding hydrogens is 641 g/mol. The fourth-order valence-corrected chi connectivity index (χ4v) is 7.76. The Morgan fingerprint density at radius 2 is 0.500 bits per heavy atom. The van der Waals surface area contributed by atoms with Crippen LogP contribution in [-0.4, -0.2) is 26.4 Å². The lowest BCUT2D eigenvalue weighted by Gasteiger charge is -2.24. The van der Waals surface area contributed by atoms with Crippen LogP contribution >= 0.6 is 0 Å². The Hall–Kier alpha value is -3.40. The predicted molar refractivity (Wildman–Crippen MR) is 220 cm³/mol. The van der Waals surface area contributed by atoms with E-state index >= 15 is 0 Å². The van der Waals surface area contributed by atoms with Gasteiger partial charge in [-0.25, -0.2) is 0 Å². The summed E-state index contributed by atoms with van der Waals surface area (Å²) in [5.41, 5.74) is 0. The summed E-state index contributed by atoms with van der Waals surface area (Å²) in [5, 5.41) is 9.06. The van der Waals surface area contributed by atoms with Crippen molar-refractivity contribution in [3.05, 3.63) is 69.4 Å². The molecule has 284 valence electrons. The number of unbranched alkanes of at least 4 members (excludes halogenated alkanes) is 16. The molecule has 4 aromatic rings. The Bertz CT molecular complexity index is 1570. The van der Waals surface area contributed by atoms with Gasteiger partial charge in [0.1, 0.15) is 23.0 Å². The molecule has 0 amide bonds. The fourth-order valence-electron chi connectivity index (χ4n) is 7.76. The largest absolute Gasteiger partial charge is 0.492 e. The second-order valence-corrected chi connectivity index (χ2v) is 15.0. The van der Waals surface area contributed by atoms with Crippen LogP contribution in [0.25, 0.3) is 21.5 Å². The molecule has 1 aliphatic carbocycles. The van der Waals surface area contributed by atoms with Gasteiger partial charge in [0.2, 0.25) is 0 Å². The summed E-state index contributed by atoms with van der Waals surface area (Å²) < 4.78 is 27.6. The number of rotatable bonds is 28. The molecular formula is C48H68O4. The summed E-state index contributed by atoms with van der Waals surface area (Å²) in [6, 6.07) is 17.4. The summed E-state index contributed by atoms with van der Waals surface area (Å²) >= 11 is 0. The Kier molecular flexibility index (Phi) is 16.8. The van der Waals surface area contributed by atoms with E-state index in [1.807, 2.05) is 0 Å². The zero-order valence-corrected chi connectivity index (χ0v) is 33.2. The highest BCUT2D eigenvalue weighted by molar-refractivity contribution is 5.98. The molecule has 0 N–H and O–H groups in total. The third kappa shape index (κ3) is 9.97. The van der Waals surface area contributed by atoms with E-state index in [-0.39, 0.29) is 0 Å². The molecule has 0 bridgehead atoms. The first-order chi connectivity index (χ1) is 25.8. The van der Waals surface area contributed by atoms with Crippen LogP contribution in [-0.2, 0) is 0 Å². The van der Waals surface area contributed by atoms with Crippen LogP contribution < -0.4 is 18.9 Å². The second kappa shape index (κ2) is 22.0. The van der Waals surface area contributed by atoms with E-state index in [1.54, 1.807) is 0 Å². The highest BCUT2D eigenvalue weighted by Crippen LogP contribution is 2.47. The average molecular weight is 709 g/mol. The van der Waals surface area contributed by atoms with Crippen molar-refractivity contribution in [1.82, 2.24) is 0 Å². The summed E-state index contributed by atoms with van der Waals surface area (Å²) in [6.45, 7) is 11.9. The topological polar surface area (TPSA) is 36.9 Å². The number of hydrogen-bond donors (Lipinski definition) is 0. The van der Waals surface area contributed by atoms with Gasteiger partial charge in [-0.1, -0.05) is 179 Å². The molecule has 0 saturated heterocycles. The minimum absolute atomic E-state index is 0.704. The molecule has 4 nitrogen and oxygen atoms in total. The van der Waals surface area contributed by atoms with Crippen molar-refractivity contribution in [2.75, 3.05) is 26.4 Å². The SMILES string of the molecule is CCCCCCCOc1c2c(c(OCCCCCCC)c3ccccc13)=c1c(OCCCCCCC)c3ccccc3c(OCCCCCCC)c1=2. The summed E-state index contributed by atoms with van der Waals surface area (Å²) in [6.07, 6.45) is 24.1. The van der Waals surface area contributed by atoms with Gasteiger partial charge in [-0.2, -0.15) is 0 Å². The molecule has 5 rings (SSSR count). The zero-order chi connectivity index (χ0) is 36.4. The van der Waals surface area contributed by atoms with Crippen LogP contribution in [0.3, 0.4) is 0 Å². The number of hydrogen-bond acceptors (Lipinski definition) is 4. The number of benzene rings is 4. The van der Waals surface area contributed by atoms with Gasteiger partial charge in [0.15, 0.2) is 0 Å². The Morgan fingerprint density at radius 3 is 0.712 bits per heavy atom. The van der Waals surface area contributed by atoms with Crippen molar-refractivity contribution in [2.45, 2.75) is 156 Å². The first-order valence-corrected chi connectivity index (χ1v) is 21.5. The van der Waals surface area contributed by atoms with Crippen molar-refractivity contribution in [1.29, 1.82) is 0 Å². The van der Waals surface area contributed by atoms with Crippen molar-refractivity contribution in [3.8, 4) is 23.0 Å². The van der Waals surface area contributed by atoms with Crippen LogP contribution in [0.2, 0.25) is 0 Å². The zero-order valence-electron chi connectivity index (χ0n) is 33.2. The first kappa shape index (κ1) is 39.8. The van der Waals surface area contributed by atoms with Crippen LogP contribution in [0, 0.1) is 20.9 Å². The van der Waals surface area contributed by atoms with Gasteiger partial charge in [0, 0.05) is 42.4 Å². The lowest BCUT2D eigenvalue weighted by atomic mass is 9.91. The maximum atomic E-state index is 6.91. The van der Waals surface area contributed by atoms with Crippen molar-refractivity contribution in [3.63, 3.8) is 0 Å². The van der Waals surface area contributed by atoms with E-state index < -0.39 is 0 Å². The molecule has 0 fully saturated rings. The average Bonchev–Trinajstić information content (AvgIpc) is 3.16. The lowest BCUT2D eigenvalue weighted by Crippen LogP contribution is -2.10. The Morgan fingerprint density at radius 1 is 0.288 bits per heavy atom. The smallest absolute Gasteiger partial charge is 0.136 e. The van der Waals surface area contributed by atoms with E-state index in [4.69, 9.17) is 18.9 Å². The van der Waals surface area contributed by atoms with Crippen LogP contribution in [0.15, 0.2) is 48.5 Å². The van der Waals surface area contributed by atoms with Crippen molar-refractivity contribution < 1.29 is 18.9 Å². The maximum absolute atomic E-state index is 6.91. The van der Waals surface area contributed by atoms with Gasteiger partial charge in [-0.3, -0.25) is 0 Å². The molecule has 0 aromatic heterocycles. The first-order valence-electron chi connectivity index (χ1n) is 21.5.